The summed E-state index contributed by atoms with van der Waals surface area (Å²) < 4.78 is 12.1. The number of benzene rings is 2. The molecule has 0 fully saturated rings. The molecule has 0 aliphatic heterocycles. The number of imidazole rings is 1. The third-order valence-electron chi connectivity index (χ3n) is 6.13. The molecule has 0 saturated heterocycles. The lowest BCUT2D eigenvalue weighted by molar-refractivity contribution is -0.153. The summed E-state index contributed by atoms with van der Waals surface area (Å²) in [6.07, 6.45) is -0.214. The van der Waals surface area contributed by atoms with E-state index >= 15 is 0 Å². The fraction of sp³-hybridized carbons (Fsp3) is 0.370. The second kappa shape index (κ2) is 13.6. The lowest BCUT2D eigenvalue weighted by atomic mass is 9.91. The fourth-order valence-corrected chi connectivity index (χ4v) is 3.97. The van der Waals surface area contributed by atoms with Gasteiger partial charge in [-0.2, -0.15) is 0 Å². The van der Waals surface area contributed by atoms with Crippen LogP contribution in [-0.2, 0) is 43.0 Å². The normalized spacial score (nSPS) is 12.1. The third kappa shape index (κ3) is 7.47. The van der Waals surface area contributed by atoms with Crippen molar-refractivity contribution in [1.29, 1.82) is 5.41 Å². The molecule has 0 spiro atoms. The molecule has 3 aromatic rings. The van der Waals surface area contributed by atoms with Crippen molar-refractivity contribution in [2.45, 2.75) is 45.7 Å². The van der Waals surface area contributed by atoms with E-state index in [1.165, 1.54) is 0 Å². The van der Waals surface area contributed by atoms with E-state index in [9.17, 15) is 14.4 Å². The summed E-state index contributed by atoms with van der Waals surface area (Å²) >= 11 is 0. The van der Waals surface area contributed by atoms with Crippen LogP contribution in [0.15, 0.2) is 42.5 Å². The van der Waals surface area contributed by atoms with Crippen molar-refractivity contribution >= 4 is 52.8 Å². The second-order valence-corrected chi connectivity index (χ2v) is 8.83. The number of aromatic nitrogens is 2. The van der Waals surface area contributed by atoms with Gasteiger partial charge < -0.3 is 30.4 Å². The zero-order valence-electron chi connectivity index (χ0n) is 22.5. The van der Waals surface area contributed by atoms with Gasteiger partial charge in [0.25, 0.3) is 0 Å². The van der Waals surface area contributed by atoms with Gasteiger partial charge in [0.15, 0.2) is 5.54 Å². The number of amides is 1. The Bertz CT molecular complexity index is 1340. The van der Waals surface area contributed by atoms with Crippen molar-refractivity contribution in [2.75, 3.05) is 18.5 Å². The average Bonchev–Trinajstić information content (AvgIpc) is 3.21. The first kappa shape index (κ1) is 31.1. The first-order valence-corrected chi connectivity index (χ1v) is 12.4. The number of nitrogens with zero attached hydrogens (tertiary/aromatic N) is 2. The number of carbonyl (C=O) groups is 3. The molecular formula is C27H35ClN6O5. The minimum Gasteiger partial charge on any atom is -0.466 e. The molecule has 39 heavy (non-hydrogen) atoms. The van der Waals surface area contributed by atoms with Crippen LogP contribution in [0.25, 0.3) is 11.0 Å². The van der Waals surface area contributed by atoms with Gasteiger partial charge >= 0.3 is 11.9 Å². The Morgan fingerprint density at radius 1 is 1.05 bits per heavy atom. The van der Waals surface area contributed by atoms with Gasteiger partial charge in [-0.15, -0.1) is 12.4 Å². The number of nitrogen functional groups attached to an aromatic ring is 1. The van der Waals surface area contributed by atoms with Gasteiger partial charge in [0.2, 0.25) is 5.91 Å². The van der Waals surface area contributed by atoms with Gasteiger partial charge in [-0.3, -0.25) is 15.0 Å². The number of carbonyl (C=O) groups excluding carboxylic acids is 3. The smallest absolute Gasteiger partial charge is 0.336 e. The predicted octanol–water partition coefficient (Wildman–Crippen LogP) is 3.13. The van der Waals surface area contributed by atoms with Crippen molar-refractivity contribution in [3.8, 4) is 0 Å². The minimum atomic E-state index is -1.48. The second-order valence-electron chi connectivity index (χ2n) is 8.83. The highest BCUT2D eigenvalue weighted by molar-refractivity contribution is 5.95. The number of rotatable bonds is 12. The molecule has 1 amide bonds. The minimum absolute atomic E-state index is 0. The van der Waals surface area contributed by atoms with Crippen molar-refractivity contribution in [2.24, 2.45) is 12.8 Å². The molecule has 12 heteroatoms. The Morgan fingerprint density at radius 2 is 1.72 bits per heavy atom. The lowest BCUT2D eigenvalue weighted by Gasteiger charge is -2.29. The number of nitrogens with two attached hydrogens (primary N) is 1. The Kier molecular flexibility index (Phi) is 10.9. The van der Waals surface area contributed by atoms with Crippen LogP contribution in [0, 0.1) is 5.41 Å². The summed E-state index contributed by atoms with van der Waals surface area (Å²) in [6.45, 7) is 5.76. The summed E-state index contributed by atoms with van der Waals surface area (Å²) in [5, 5.41) is 13.6. The van der Waals surface area contributed by atoms with Crippen molar-refractivity contribution < 1.29 is 23.9 Å². The molecule has 0 bridgehead atoms. The van der Waals surface area contributed by atoms with Crippen LogP contribution in [0.5, 0.6) is 0 Å². The summed E-state index contributed by atoms with van der Waals surface area (Å²) in [4.78, 5) is 42.1. The molecule has 1 aromatic heterocycles. The quantitative estimate of drug-likeness (QED) is 0.150. The number of fused-ring (bicyclic) bond motifs is 1. The number of esters is 2. The zero-order valence-corrected chi connectivity index (χ0v) is 23.3. The van der Waals surface area contributed by atoms with Gasteiger partial charge in [-0.25, -0.2) is 9.78 Å². The van der Waals surface area contributed by atoms with Gasteiger partial charge in [0.1, 0.15) is 11.7 Å². The standard InChI is InChI=1S/C27H34N6O5.ClH/c1-5-37-24(35)14-13-23(34)32-27(3,26(36)38-6-2)18-9-12-21-20(15-18)31-22(33(21)4)16-30-19-10-7-17(8-11-19)25(28)29;/h7-12,15,30H,5-6,13-14,16H2,1-4H3,(H3,28,29)(H,32,34);1H. The molecule has 0 aliphatic carbocycles. The molecule has 5 N–H and O–H groups in total. The molecule has 210 valence electrons. The SMILES string of the molecule is CCOC(=O)CCC(=O)NC(C)(C(=O)OCC)c1ccc2c(c1)nc(CNc1ccc(C(=N)N)cc1)n2C.Cl. The Hall–Kier alpha value is -4.12. The van der Waals surface area contributed by atoms with Crippen LogP contribution in [-0.4, -0.2) is 46.4 Å². The molecule has 11 nitrogen and oxygen atoms in total. The molecule has 0 saturated carbocycles. The molecule has 1 unspecified atom stereocenters. The third-order valence-corrected chi connectivity index (χ3v) is 6.13. The summed E-state index contributed by atoms with van der Waals surface area (Å²) in [5.74, 6) is -0.811. The monoisotopic (exact) mass is 558 g/mol. The number of halogens is 1. The molecule has 3 rings (SSSR count). The van der Waals surface area contributed by atoms with Crippen LogP contribution in [0.3, 0.4) is 0 Å². The lowest BCUT2D eigenvalue weighted by Crippen LogP contribution is -2.50. The van der Waals surface area contributed by atoms with Crippen molar-refractivity contribution in [3.63, 3.8) is 0 Å². The van der Waals surface area contributed by atoms with Crippen LogP contribution in [0.4, 0.5) is 5.69 Å². The van der Waals surface area contributed by atoms with Crippen molar-refractivity contribution in [3.05, 3.63) is 59.4 Å². The number of aryl methyl sites for hydroxylation is 1. The van der Waals surface area contributed by atoms with Crippen molar-refractivity contribution in [1.82, 2.24) is 14.9 Å². The number of anilines is 1. The Morgan fingerprint density at radius 3 is 2.33 bits per heavy atom. The van der Waals surface area contributed by atoms with Gasteiger partial charge in [-0.1, -0.05) is 6.07 Å². The number of ether oxygens (including phenoxy) is 2. The molecular weight excluding hydrogens is 524 g/mol. The highest BCUT2D eigenvalue weighted by Crippen LogP contribution is 2.27. The average molecular weight is 559 g/mol. The molecule has 1 atom stereocenters. The van der Waals surface area contributed by atoms with Crippen LogP contribution >= 0.6 is 12.4 Å². The molecule has 0 aliphatic rings. The van der Waals surface area contributed by atoms with Gasteiger partial charge in [0, 0.05) is 24.7 Å². The zero-order chi connectivity index (χ0) is 27.9. The van der Waals surface area contributed by atoms with Crippen LogP contribution < -0.4 is 16.4 Å². The van der Waals surface area contributed by atoms with Gasteiger partial charge in [-0.05, 0) is 62.7 Å². The van der Waals surface area contributed by atoms with Gasteiger partial charge in [0.05, 0.1) is 37.2 Å². The summed E-state index contributed by atoms with van der Waals surface area (Å²) in [6, 6.07) is 12.6. The Balaban J connectivity index is 0.00000533. The fourth-order valence-electron chi connectivity index (χ4n) is 3.97. The van der Waals surface area contributed by atoms with E-state index in [1.807, 2.05) is 29.8 Å². The maximum absolute atomic E-state index is 13.0. The number of amidine groups is 1. The summed E-state index contributed by atoms with van der Waals surface area (Å²) in [7, 11) is 1.90. The largest absolute Gasteiger partial charge is 0.466 e. The van der Waals surface area contributed by atoms with E-state index in [4.69, 9.17) is 25.6 Å². The Labute approximate surface area is 233 Å². The number of hydrogen-bond acceptors (Lipinski definition) is 8. The summed E-state index contributed by atoms with van der Waals surface area (Å²) in [5.41, 5.74) is 7.52. The van der Waals surface area contributed by atoms with E-state index in [-0.39, 0.29) is 44.3 Å². The maximum Gasteiger partial charge on any atom is 0.336 e. The molecule has 0 radical (unpaired) electrons. The van der Waals surface area contributed by atoms with E-state index in [1.54, 1.807) is 45.0 Å². The topological polar surface area (TPSA) is 161 Å². The first-order valence-electron chi connectivity index (χ1n) is 12.4. The van der Waals surface area contributed by atoms with Crippen LogP contribution in [0.2, 0.25) is 0 Å². The number of nitrogens with one attached hydrogen (secondary N) is 3. The molecule has 2 aromatic carbocycles. The van der Waals surface area contributed by atoms with E-state index in [0.29, 0.717) is 23.2 Å². The van der Waals surface area contributed by atoms with E-state index < -0.39 is 23.4 Å². The molecule has 1 heterocycles. The number of hydrogen-bond donors (Lipinski definition) is 4. The predicted molar refractivity (Wildman–Crippen MR) is 151 cm³/mol. The highest BCUT2D eigenvalue weighted by Gasteiger charge is 2.39. The van der Waals surface area contributed by atoms with E-state index in [2.05, 4.69) is 10.6 Å². The first-order chi connectivity index (χ1) is 18.1. The highest BCUT2D eigenvalue weighted by atomic mass is 35.5. The van der Waals surface area contributed by atoms with E-state index in [0.717, 1.165) is 17.0 Å². The van der Waals surface area contributed by atoms with Crippen LogP contribution in [0.1, 0.15) is 50.6 Å². The maximum atomic E-state index is 13.0.